The third-order valence-corrected chi connectivity index (χ3v) is 3.14. The normalized spacial score (nSPS) is 15.3. The van der Waals surface area contributed by atoms with Crippen molar-refractivity contribution >= 4 is 16.9 Å². The topological polar surface area (TPSA) is 7.42 Å². The molecule has 0 bridgehead atoms. The van der Waals surface area contributed by atoms with E-state index < -0.39 is 0 Å². The molecule has 0 atom stereocenters. The van der Waals surface area contributed by atoms with Crippen LogP contribution in [-0.2, 0) is 6.42 Å². The second kappa shape index (κ2) is 2.47. The maximum Gasteiger partial charge on any atom is 0.227 e. The molecule has 0 unspecified atom stereocenters. The van der Waals surface area contributed by atoms with E-state index in [-0.39, 0.29) is 0 Å². The van der Waals surface area contributed by atoms with E-state index in [9.17, 15) is 0 Å². The number of hydrogen-bond acceptors (Lipinski definition) is 0. The maximum atomic E-state index is 2.28. The molecule has 0 aliphatic carbocycles. The zero-order valence-electron chi connectivity index (χ0n) is 8.49. The van der Waals surface area contributed by atoms with Crippen molar-refractivity contribution in [2.24, 2.45) is 0 Å². The third-order valence-electron chi connectivity index (χ3n) is 3.14. The van der Waals surface area contributed by atoms with E-state index in [4.69, 9.17) is 0 Å². The predicted molar refractivity (Wildman–Crippen MR) is 57.6 cm³/mol. The molecule has 1 aliphatic rings. The van der Waals surface area contributed by atoms with E-state index in [1.807, 2.05) is 0 Å². The largest absolute Gasteiger partial charge is 0.317 e. The van der Waals surface area contributed by atoms with Gasteiger partial charge in [-0.05, 0) is 12.1 Å². The highest BCUT2D eigenvalue weighted by atomic mass is 15.0. The first-order valence-electron chi connectivity index (χ1n) is 4.92. The smallest absolute Gasteiger partial charge is 0.227 e. The van der Waals surface area contributed by atoms with Crippen molar-refractivity contribution in [1.82, 2.24) is 4.40 Å². The fourth-order valence-electron chi connectivity index (χ4n) is 2.22. The highest BCUT2D eigenvalue weighted by Gasteiger charge is 2.27. The summed E-state index contributed by atoms with van der Waals surface area (Å²) in [5.41, 5.74) is 5.59. The summed E-state index contributed by atoms with van der Waals surface area (Å²) in [5, 5.41) is 0. The van der Waals surface area contributed by atoms with Crippen LogP contribution in [0.15, 0.2) is 30.6 Å². The molecule has 0 spiro atoms. The van der Waals surface area contributed by atoms with Crippen molar-refractivity contribution in [2.75, 3.05) is 7.05 Å². The van der Waals surface area contributed by atoms with Crippen LogP contribution < -0.4 is 0 Å². The van der Waals surface area contributed by atoms with Gasteiger partial charge in [0.1, 0.15) is 7.05 Å². The zero-order valence-corrected chi connectivity index (χ0v) is 8.49. The molecule has 0 fully saturated rings. The highest BCUT2D eigenvalue weighted by molar-refractivity contribution is 5.88. The van der Waals surface area contributed by atoms with Gasteiger partial charge in [-0.15, -0.1) is 0 Å². The molecule has 0 saturated heterocycles. The van der Waals surface area contributed by atoms with Gasteiger partial charge in [-0.2, -0.15) is 0 Å². The zero-order chi connectivity index (χ0) is 9.71. The first-order valence-corrected chi connectivity index (χ1v) is 4.92. The van der Waals surface area contributed by atoms with Gasteiger partial charge in [0.15, 0.2) is 5.71 Å². The number of pyridine rings is 1. The van der Waals surface area contributed by atoms with Gasteiger partial charge in [0.05, 0.1) is 23.7 Å². The van der Waals surface area contributed by atoms with Gasteiger partial charge in [-0.1, -0.05) is 6.07 Å². The summed E-state index contributed by atoms with van der Waals surface area (Å²) in [4.78, 5) is 0. The Balaban J connectivity index is 2.39. The second-order valence-corrected chi connectivity index (χ2v) is 3.96. The molecule has 2 heteroatoms. The lowest BCUT2D eigenvalue weighted by Gasteiger charge is -1.93. The van der Waals surface area contributed by atoms with Gasteiger partial charge in [-0.3, -0.25) is 0 Å². The average Bonchev–Trinajstić information content (AvgIpc) is 2.67. The Bertz CT molecular complexity index is 546. The van der Waals surface area contributed by atoms with Crippen LogP contribution in [0, 0.1) is 0 Å². The molecule has 3 rings (SSSR count). The Morgan fingerprint density at radius 1 is 1.36 bits per heavy atom. The predicted octanol–water partition coefficient (Wildman–Crippen LogP) is 2.23. The quantitative estimate of drug-likeness (QED) is 0.556. The van der Waals surface area contributed by atoms with Crippen molar-refractivity contribution < 1.29 is 4.58 Å². The molecule has 14 heavy (non-hydrogen) atoms. The molecule has 0 radical (unpaired) electrons. The van der Waals surface area contributed by atoms with Gasteiger partial charge >= 0.3 is 0 Å². The van der Waals surface area contributed by atoms with Crippen LogP contribution in [0.1, 0.15) is 12.5 Å². The van der Waals surface area contributed by atoms with Crippen LogP contribution in [0.3, 0.4) is 0 Å². The molecule has 70 valence electrons. The first-order chi connectivity index (χ1) is 6.77. The first kappa shape index (κ1) is 7.80. The van der Waals surface area contributed by atoms with Gasteiger partial charge in [-0.25, -0.2) is 4.58 Å². The van der Waals surface area contributed by atoms with Crippen molar-refractivity contribution in [1.29, 1.82) is 0 Å². The number of aromatic nitrogens is 1. The molecule has 0 amide bonds. The van der Waals surface area contributed by atoms with E-state index in [0.717, 1.165) is 6.42 Å². The summed E-state index contributed by atoms with van der Waals surface area (Å²) in [6.45, 7) is 2.19. The SMILES string of the molecule is CC1=[N+](C)c2cn3ccccc3c2C1. The standard InChI is InChI=1S/C12H13N2/c1-9-7-10-11-5-3-4-6-14(11)8-12(10)13(9)2/h3-6,8H,7H2,1-2H3/q+1. The molecular formula is C12H13N2+. The average molecular weight is 185 g/mol. The summed E-state index contributed by atoms with van der Waals surface area (Å²) in [6, 6.07) is 6.35. The fraction of sp³-hybridized carbons (Fsp3) is 0.250. The van der Waals surface area contributed by atoms with Crippen LogP contribution in [0.4, 0.5) is 5.69 Å². The van der Waals surface area contributed by atoms with Crippen molar-refractivity contribution in [3.05, 3.63) is 36.2 Å². The summed E-state index contributed by atoms with van der Waals surface area (Å²) >= 11 is 0. The van der Waals surface area contributed by atoms with Crippen molar-refractivity contribution in [2.45, 2.75) is 13.3 Å². The lowest BCUT2D eigenvalue weighted by Crippen LogP contribution is -2.03. The second-order valence-electron chi connectivity index (χ2n) is 3.96. The lowest BCUT2D eigenvalue weighted by atomic mass is 10.1. The van der Waals surface area contributed by atoms with Crippen LogP contribution in [0.25, 0.3) is 5.52 Å². The maximum absolute atomic E-state index is 2.28. The minimum absolute atomic E-state index is 1.09. The molecular weight excluding hydrogens is 172 g/mol. The minimum Gasteiger partial charge on any atom is -0.317 e. The van der Waals surface area contributed by atoms with E-state index in [1.165, 1.54) is 22.5 Å². The number of hydrogen-bond donors (Lipinski definition) is 0. The Morgan fingerprint density at radius 3 is 3.07 bits per heavy atom. The fourth-order valence-corrected chi connectivity index (χ4v) is 2.22. The van der Waals surface area contributed by atoms with Crippen LogP contribution in [0.2, 0.25) is 0 Å². The molecule has 0 N–H and O–H groups in total. The van der Waals surface area contributed by atoms with Crippen molar-refractivity contribution in [3.8, 4) is 0 Å². The van der Waals surface area contributed by atoms with Crippen molar-refractivity contribution in [3.63, 3.8) is 0 Å². The number of nitrogens with zero attached hydrogens (tertiary/aromatic N) is 2. The van der Waals surface area contributed by atoms with Gasteiger partial charge < -0.3 is 4.40 Å². The third kappa shape index (κ3) is 0.830. The van der Waals surface area contributed by atoms with E-state index in [2.05, 4.69) is 53.5 Å². The highest BCUT2D eigenvalue weighted by Crippen LogP contribution is 2.30. The summed E-state index contributed by atoms with van der Waals surface area (Å²) in [7, 11) is 2.14. The molecule has 2 nitrogen and oxygen atoms in total. The Labute approximate surface area is 83.1 Å². The van der Waals surface area contributed by atoms with E-state index >= 15 is 0 Å². The van der Waals surface area contributed by atoms with Gasteiger partial charge in [0.25, 0.3) is 0 Å². The Hall–Kier alpha value is -1.57. The van der Waals surface area contributed by atoms with Crippen LogP contribution >= 0.6 is 0 Å². The Morgan fingerprint density at radius 2 is 2.21 bits per heavy atom. The summed E-state index contributed by atoms with van der Waals surface area (Å²) in [6.07, 6.45) is 5.41. The van der Waals surface area contributed by atoms with Crippen LogP contribution in [0.5, 0.6) is 0 Å². The molecule has 0 aromatic carbocycles. The van der Waals surface area contributed by atoms with E-state index in [0.29, 0.717) is 0 Å². The van der Waals surface area contributed by atoms with Crippen LogP contribution in [-0.4, -0.2) is 21.7 Å². The number of fused-ring (bicyclic) bond motifs is 3. The Kier molecular flexibility index (Phi) is 1.38. The summed E-state index contributed by atoms with van der Waals surface area (Å²) in [5.74, 6) is 0. The number of rotatable bonds is 0. The van der Waals surface area contributed by atoms with Gasteiger partial charge in [0, 0.05) is 13.1 Å². The minimum atomic E-state index is 1.09. The monoisotopic (exact) mass is 185 g/mol. The molecule has 2 aromatic heterocycles. The summed E-state index contributed by atoms with van der Waals surface area (Å²) < 4.78 is 4.48. The lowest BCUT2D eigenvalue weighted by molar-refractivity contribution is -0.402. The molecule has 3 heterocycles. The van der Waals surface area contributed by atoms with Gasteiger partial charge in [0.2, 0.25) is 5.69 Å². The molecule has 1 aliphatic heterocycles. The molecule has 2 aromatic rings. The molecule has 0 saturated carbocycles. The van der Waals surface area contributed by atoms with E-state index in [1.54, 1.807) is 0 Å².